The van der Waals surface area contributed by atoms with Crippen molar-refractivity contribution in [1.29, 1.82) is 0 Å². The lowest BCUT2D eigenvalue weighted by Crippen LogP contribution is -2.43. The van der Waals surface area contributed by atoms with E-state index in [-0.39, 0.29) is 11.9 Å². The minimum atomic E-state index is -0.166. The third-order valence-electron chi connectivity index (χ3n) is 5.97. The number of ether oxygens (including phenoxy) is 1. The molecule has 0 radical (unpaired) electrons. The van der Waals surface area contributed by atoms with E-state index in [9.17, 15) is 4.79 Å². The number of hydrogen-bond acceptors (Lipinski definition) is 8. The summed E-state index contributed by atoms with van der Waals surface area (Å²) < 4.78 is 5.49. The molecule has 2 aliphatic heterocycles. The summed E-state index contributed by atoms with van der Waals surface area (Å²) in [7, 11) is 3.67. The van der Waals surface area contributed by atoms with Gasteiger partial charge < -0.3 is 14.5 Å². The van der Waals surface area contributed by atoms with Gasteiger partial charge in [-0.15, -0.1) is 22.7 Å². The van der Waals surface area contributed by atoms with Gasteiger partial charge in [0, 0.05) is 49.6 Å². The zero-order chi connectivity index (χ0) is 21.4. The van der Waals surface area contributed by atoms with Crippen LogP contribution in [0.1, 0.15) is 18.7 Å². The molecule has 2 aliphatic rings. The Bertz CT molecular complexity index is 1060. The van der Waals surface area contributed by atoms with Gasteiger partial charge in [0.15, 0.2) is 0 Å². The maximum absolute atomic E-state index is 12.9. The zero-order valence-electron chi connectivity index (χ0n) is 17.9. The van der Waals surface area contributed by atoms with Crippen LogP contribution >= 0.6 is 22.7 Å². The maximum atomic E-state index is 12.9. The highest BCUT2D eigenvalue weighted by Gasteiger charge is 2.35. The standard InChI is InChI=1S/C22H27N5O2S2/c1-25(2)22(28)16-5-3-7-27(16)20-19-15(17-6-4-12-30-17)14-31-21(19)24-18(23-20)13-26-8-10-29-11-9-26/h4,6,12,14,16H,3,5,7-11,13H2,1-2H3/t16-/m0/s1. The molecule has 0 bridgehead atoms. The molecular formula is C22H27N5O2S2. The smallest absolute Gasteiger partial charge is 0.244 e. The summed E-state index contributed by atoms with van der Waals surface area (Å²) in [5.41, 5.74) is 1.17. The second kappa shape index (κ2) is 8.82. The summed E-state index contributed by atoms with van der Waals surface area (Å²) in [4.78, 5) is 31.4. The topological polar surface area (TPSA) is 61.8 Å². The number of anilines is 1. The molecule has 0 unspecified atom stereocenters. The van der Waals surface area contributed by atoms with Gasteiger partial charge in [-0.2, -0.15) is 0 Å². The number of carbonyl (C=O) groups is 1. The molecule has 1 amide bonds. The Balaban J connectivity index is 1.60. The first-order valence-electron chi connectivity index (χ1n) is 10.7. The van der Waals surface area contributed by atoms with Crippen LogP contribution in [0.2, 0.25) is 0 Å². The highest BCUT2D eigenvalue weighted by Crippen LogP contribution is 2.41. The van der Waals surface area contributed by atoms with Crippen molar-refractivity contribution in [2.75, 3.05) is 51.8 Å². The van der Waals surface area contributed by atoms with E-state index in [1.807, 2.05) is 14.1 Å². The van der Waals surface area contributed by atoms with E-state index < -0.39 is 0 Å². The lowest BCUT2D eigenvalue weighted by atomic mass is 10.1. The molecule has 0 saturated carbocycles. The summed E-state index contributed by atoms with van der Waals surface area (Å²) in [5.74, 6) is 1.88. The van der Waals surface area contributed by atoms with Gasteiger partial charge in [0.25, 0.3) is 0 Å². The molecule has 3 aromatic rings. The SMILES string of the molecule is CN(C)C(=O)[C@@H]1CCCN1c1nc(CN2CCOCC2)nc2scc(-c3cccs3)c12. The van der Waals surface area contributed by atoms with E-state index in [4.69, 9.17) is 14.7 Å². The van der Waals surface area contributed by atoms with Gasteiger partial charge in [-0.25, -0.2) is 9.97 Å². The molecule has 1 atom stereocenters. The predicted octanol–water partition coefficient (Wildman–Crippen LogP) is 3.31. The van der Waals surface area contributed by atoms with Crippen LogP contribution in [0.5, 0.6) is 0 Å². The lowest BCUT2D eigenvalue weighted by molar-refractivity contribution is -0.129. The van der Waals surface area contributed by atoms with Gasteiger partial charge in [-0.3, -0.25) is 9.69 Å². The van der Waals surface area contributed by atoms with Crippen molar-refractivity contribution >= 4 is 44.6 Å². The van der Waals surface area contributed by atoms with E-state index in [0.29, 0.717) is 6.54 Å². The molecule has 0 spiro atoms. The lowest BCUT2D eigenvalue weighted by Gasteiger charge is -2.29. The number of aromatic nitrogens is 2. The highest BCUT2D eigenvalue weighted by atomic mass is 32.1. The van der Waals surface area contributed by atoms with Crippen LogP contribution in [-0.4, -0.2) is 78.7 Å². The molecule has 0 aromatic carbocycles. The Morgan fingerprint density at radius 1 is 1.23 bits per heavy atom. The third kappa shape index (κ3) is 4.07. The van der Waals surface area contributed by atoms with E-state index in [1.54, 1.807) is 27.6 Å². The quantitative estimate of drug-likeness (QED) is 0.586. The summed E-state index contributed by atoms with van der Waals surface area (Å²) in [6, 6.07) is 4.05. The third-order valence-corrected chi connectivity index (χ3v) is 7.74. The van der Waals surface area contributed by atoms with Crippen LogP contribution in [0, 0.1) is 0 Å². The van der Waals surface area contributed by atoms with E-state index in [1.165, 1.54) is 10.4 Å². The summed E-state index contributed by atoms with van der Waals surface area (Å²) in [6.07, 6.45) is 1.85. The van der Waals surface area contributed by atoms with Gasteiger partial charge >= 0.3 is 0 Å². The van der Waals surface area contributed by atoms with Gasteiger partial charge in [0.05, 0.1) is 25.1 Å². The van der Waals surface area contributed by atoms with Crippen molar-refractivity contribution in [2.45, 2.75) is 25.4 Å². The maximum Gasteiger partial charge on any atom is 0.244 e. The number of fused-ring (bicyclic) bond motifs is 1. The minimum absolute atomic E-state index is 0.145. The molecule has 31 heavy (non-hydrogen) atoms. The molecule has 0 aliphatic carbocycles. The fraction of sp³-hybridized carbons (Fsp3) is 0.500. The molecule has 7 nitrogen and oxygen atoms in total. The number of likely N-dealkylation sites (N-methyl/N-ethyl adjacent to an activating group) is 1. The van der Waals surface area contributed by atoms with Crippen molar-refractivity contribution in [2.24, 2.45) is 0 Å². The number of thiophene rings is 2. The Kier molecular flexibility index (Phi) is 5.92. The first-order valence-corrected chi connectivity index (χ1v) is 12.5. The summed E-state index contributed by atoms with van der Waals surface area (Å²) >= 11 is 3.39. The van der Waals surface area contributed by atoms with Gasteiger partial charge in [-0.1, -0.05) is 6.07 Å². The number of carbonyl (C=O) groups excluding carboxylic acids is 1. The van der Waals surface area contributed by atoms with E-state index >= 15 is 0 Å². The van der Waals surface area contributed by atoms with Crippen molar-refractivity contribution in [1.82, 2.24) is 19.8 Å². The fourth-order valence-electron chi connectivity index (χ4n) is 4.39. The van der Waals surface area contributed by atoms with Gasteiger partial charge in [-0.05, 0) is 24.3 Å². The van der Waals surface area contributed by atoms with Crippen LogP contribution in [0.3, 0.4) is 0 Å². The summed E-state index contributed by atoms with van der Waals surface area (Å²) in [6.45, 7) is 4.84. The average Bonchev–Trinajstić information content (AvgIpc) is 3.53. The van der Waals surface area contributed by atoms with Gasteiger partial charge in [0.1, 0.15) is 22.5 Å². The van der Waals surface area contributed by atoms with Crippen molar-refractivity contribution in [3.8, 4) is 10.4 Å². The second-order valence-corrected chi connectivity index (χ2v) is 10.0. The molecule has 2 fully saturated rings. The van der Waals surface area contributed by atoms with Crippen molar-refractivity contribution < 1.29 is 9.53 Å². The van der Waals surface area contributed by atoms with Crippen LogP contribution in [-0.2, 0) is 16.1 Å². The monoisotopic (exact) mass is 457 g/mol. The van der Waals surface area contributed by atoms with E-state index in [0.717, 1.165) is 67.5 Å². The Morgan fingerprint density at radius 2 is 2.06 bits per heavy atom. The zero-order valence-corrected chi connectivity index (χ0v) is 19.5. The molecule has 2 saturated heterocycles. The first kappa shape index (κ1) is 20.8. The molecule has 5 heterocycles. The normalized spacial score (nSPS) is 19.9. The fourth-order valence-corrected chi connectivity index (χ4v) is 6.17. The average molecular weight is 458 g/mol. The number of morpholine rings is 1. The van der Waals surface area contributed by atoms with Crippen molar-refractivity contribution in [3.63, 3.8) is 0 Å². The molecular weight excluding hydrogens is 430 g/mol. The number of amides is 1. The van der Waals surface area contributed by atoms with Crippen LogP contribution in [0.15, 0.2) is 22.9 Å². The predicted molar refractivity (Wildman–Crippen MR) is 126 cm³/mol. The summed E-state index contributed by atoms with van der Waals surface area (Å²) in [5, 5.41) is 5.36. The van der Waals surface area contributed by atoms with Crippen LogP contribution in [0.25, 0.3) is 20.7 Å². The van der Waals surface area contributed by atoms with Crippen LogP contribution in [0.4, 0.5) is 5.82 Å². The largest absolute Gasteiger partial charge is 0.379 e. The Labute approximate surface area is 190 Å². The van der Waals surface area contributed by atoms with Crippen LogP contribution < -0.4 is 4.90 Å². The molecule has 9 heteroatoms. The van der Waals surface area contributed by atoms with E-state index in [2.05, 4.69) is 32.7 Å². The van der Waals surface area contributed by atoms with Crippen molar-refractivity contribution in [3.05, 3.63) is 28.7 Å². The van der Waals surface area contributed by atoms with Gasteiger partial charge in [0.2, 0.25) is 5.91 Å². The number of hydrogen-bond donors (Lipinski definition) is 0. The molecule has 5 rings (SSSR count). The number of rotatable bonds is 5. The minimum Gasteiger partial charge on any atom is -0.379 e. The first-order chi connectivity index (χ1) is 15.1. The Hall–Kier alpha value is -2.07. The second-order valence-electron chi connectivity index (χ2n) is 8.24. The Morgan fingerprint density at radius 3 is 2.81 bits per heavy atom. The molecule has 3 aromatic heterocycles. The number of nitrogens with zero attached hydrogens (tertiary/aromatic N) is 5. The molecule has 164 valence electrons. The highest BCUT2D eigenvalue weighted by molar-refractivity contribution is 7.18. The molecule has 0 N–H and O–H groups in total.